The van der Waals surface area contributed by atoms with E-state index in [1.165, 1.54) is 0 Å². The molecular weight excluding hydrogens is 270 g/mol. The van der Waals surface area contributed by atoms with Gasteiger partial charge in [0.05, 0.1) is 11.4 Å². The van der Waals surface area contributed by atoms with Gasteiger partial charge in [0, 0.05) is 11.7 Å². The predicted octanol–water partition coefficient (Wildman–Crippen LogP) is 3.91. The highest BCUT2D eigenvalue weighted by Crippen LogP contribution is 2.26. The molecular formula is C19H21N3. The molecule has 1 atom stereocenters. The van der Waals surface area contributed by atoms with Gasteiger partial charge in [-0.05, 0) is 43.2 Å². The first-order valence-corrected chi connectivity index (χ1v) is 7.68. The lowest BCUT2D eigenvalue weighted by molar-refractivity contribution is 0.626. The van der Waals surface area contributed by atoms with Crippen LogP contribution >= 0.6 is 0 Å². The summed E-state index contributed by atoms with van der Waals surface area (Å²) in [5.74, 6) is 0. The van der Waals surface area contributed by atoms with E-state index in [4.69, 9.17) is 5.41 Å². The topological polar surface area (TPSA) is 47.9 Å². The maximum atomic E-state index is 8.44. The highest BCUT2D eigenvalue weighted by molar-refractivity contribution is 6.09. The number of anilines is 1. The fourth-order valence-electron chi connectivity index (χ4n) is 2.76. The zero-order valence-electron chi connectivity index (χ0n) is 12.8. The highest BCUT2D eigenvalue weighted by Gasteiger charge is 2.22. The van der Waals surface area contributed by atoms with Crippen LogP contribution in [0.5, 0.6) is 0 Å². The highest BCUT2D eigenvalue weighted by atomic mass is 14.9. The van der Waals surface area contributed by atoms with Gasteiger partial charge in [-0.1, -0.05) is 48.5 Å². The molecule has 0 spiro atoms. The molecule has 0 aromatic heterocycles. The molecule has 0 aliphatic carbocycles. The number of benzene rings is 2. The van der Waals surface area contributed by atoms with Gasteiger partial charge in [-0.3, -0.25) is 0 Å². The fourth-order valence-corrected chi connectivity index (χ4v) is 2.76. The van der Waals surface area contributed by atoms with Gasteiger partial charge >= 0.3 is 0 Å². The maximum Gasteiger partial charge on any atom is 0.0534 e. The van der Waals surface area contributed by atoms with Crippen LogP contribution in [0.25, 0.3) is 5.70 Å². The summed E-state index contributed by atoms with van der Waals surface area (Å²) >= 11 is 0. The Kier molecular flexibility index (Phi) is 4.35. The fraction of sp³-hybridized carbons (Fsp3) is 0.211. The average Bonchev–Trinajstić information content (AvgIpc) is 2.57. The SMILES string of the molecule is CC1NCC/C(=C(/Nc2ccccc2)c2ccccc2)C1=N. The molecule has 3 nitrogen and oxygen atoms in total. The van der Waals surface area contributed by atoms with E-state index in [2.05, 4.69) is 34.9 Å². The van der Waals surface area contributed by atoms with Crippen molar-refractivity contribution >= 4 is 17.1 Å². The zero-order chi connectivity index (χ0) is 15.4. The molecule has 3 rings (SSSR count). The zero-order valence-corrected chi connectivity index (χ0v) is 12.8. The average molecular weight is 291 g/mol. The van der Waals surface area contributed by atoms with Crippen LogP contribution in [0.3, 0.4) is 0 Å². The Balaban J connectivity index is 2.05. The Hall–Kier alpha value is -2.39. The van der Waals surface area contributed by atoms with E-state index in [9.17, 15) is 0 Å². The second kappa shape index (κ2) is 6.58. The first kappa shape index (κ1) is 14.5. The summed E-state index contributed by atoms with van der Waals surface area (Å²) < 4.78 is 0. The number of hydrogen-bond donors (Lipinski definition) is 3. The third kappa shape index (κ3) is 3.10. The minimum absolute atomic E-state index is 0.0973. The molecule has 0 radical (unpaired) electrons. The van der Waals surface area contributed by atoms with E-state index in [-0.39, 0.29) is 6.04 Å². The molecule has 1 heterocycles. The molecule has 0 amide bonds. The van der Waals surface area contributed by atoms with Crippen molar-refractivity contribution in [3.8, 4) is 0 Å². The summed E-state index contributed by atoms with van der Waals surface area (Å²) in [5, 5.41) is 15.3. The Morgan fingerprint density at radius 3 is 2.36 bits per heavy atom. The molecule has 3 heteroatoms. The van der Waals surface area contributed by atoms with Gasteiger partial charge in [-0.25, -0.2) is 0 Å². The summed E-state index contributed by atoms with van der Waals surface area (Å²) in [6.45, 7) is 2.96. The Bertz CT molecular complexity index is 674. The van der Waals surface area contributed by atoms with Crippen LogP contribution in [-0.2, 0) is 0 Å². The number of nitrogens with one attached hydrogen (secondary N) is 3. The molecule has 2 aromatic rings. The lowest BCUT2D eigenvalue weighted by Gasteiger charge is -2.27. The molecule has 1 fully saturated rings. The molecule has 2 aromatic carbocycles. The molecule has 22 heavy (non-hydrogen) atoms. The summed E-state index contributed by atoms with van der Waals surface area (Å²) in [5.41, 5.74) is 4.99. The van der Waals surface area contributed by atoms with Crippen LogP contribution < -0.4 is 10.6 Å². The first-order chi connectivity index (χ1) is 10.8. The normalized spacial score (nSPS) is 20.6. The lowest BCUT2D eigenvalue weighted by atomic mass is 9.92. The molecule has 0 saturated carbocycles. The number of rotatable bonds is 3. The summed E-state index contributed by atoms with van der Waals surface area (Å²) in [4.78, 5) is 0. The second-order valence-electron chi connectivity index (χ2n) is 5.55. The van der Waals surface area contributed by atoms with E-state index >= 15 is 0 Å². The number of para-hydroxylation sites is 1. The van der Waals surface area contributed by atoms with Crippen molar-refractivity contribution in [1.82, 2.24) is 5.32 Å². The summed E-state index contributed by atoms with van der Waals surface area (Å²) in [7, 11) is 0. The van der Waals surface area contributed by atoms with Crippen LogP contribution in [-0.4, -0.2) is 18.3 Å². The molecule has 1 aliphatic rings. The monoisotopic (exact) mass is 291 g/mol. The van der Waals surface area contributed by atoms with Gasteiger partial charge in [0.2, 0.25) is 0 Å². The minimum atomic E-state index is 0.0973. The minimum Gasteiger partial charge on any atom is -0.355 e. The second-order valence-corrected chi connectivity index (χ2v) is 5.55. The standard InChI is InChI=1S/C19H21N3/c1-14-18(20)17(12-13-21-14)19(15-8-4-2-5-9-15)22-16-10-6-3-7-11-16/h2-11,14,20-22H,12-13H2,1H3/b19-17-,20-18?. The van der Waals surface area contributed by atoms with Crippen LogP contribution in [0.1, 0.15) is 18.9 Å². The Morgan fingerprint density at radius 1 is 1.05 bits per heavy atom. The Morgan fingerprint density at radius 2 is 1.68 bits per heavy atom. The largest absolute Gasteiger partial charge is 0.355 e. The van der Waals surface area contributed by atoms with E-state index in [0.29, 0.717) is 5.71 Å². The third-order valence-electron chi connectivity index (χ3n) is 3.99. The van der Waals surface area contributed by atoms with Crippen molar-refractivity contribution in [2.24, 2.45) is 0 Å². The van der Waals surface area contributed by atoms with Gasteiger partial charge in [0.15, 0.2) is 0 Å². The van der Waals surface area contributed by atoms with Crippen molar-refractivity contribution in [3.63, 3.8) is 0 Å². The van der Waals surface area contributed by atoms with Gasteiger partial charge in [-0.2, -0.15) is 0 Å². The Labute approximate surface area is 131 Å². The van der Waals surface area contributed by atoms with Crippen molar-refractivity contribution in [3.05, 3.63) is 71.8 Å². The number of piperidine rings is 1. The van der Waals surface area contributed by atoms with E-state index in [0.717, 1.165) is 35.5 Å². The van der Waals surface area contributed by atoms with Crippen LogP contribution in [0.15, 0.2) is 66.2 Å². The van der Waals surface area contributed by atoms with Gasteiger partial charge in [0.25, 0.3) is 0 Å². The van der Waals surface area contributed by atoms with Crippen molar-refractivity contribution in [2.75, 3.05) is 11.9 Å². The third-order valence-corrected chi connectivity index (χ3v) is 3.99. The summed E-state index contributed by atoms with van der Waals surface area (Å²) in [6.07, 6.45) is 0.868. The van der Waals surface area contributed by atoms with E-state index in [1.807, 2.05) is 43.3 Å². The lowest BCUT2D eigenvalue weighted by Crippen LogP contribution is -2.41. The molecule has 0 bridgehead atoms. The van der Waals surface area contributed by atoms with Crippen LogP contribution in [0.4, 0.5) is 5.69 Å². The van der Waals surface area contributed by atoms with Crippen molar-refractivity contribution in [1.29, 1.82) is 5.41 Å². The van der Waals surface area contributed by atoms with Crippen LogP contribution in [0, 0.1) is 5.41 Å². The van der Waals surface area contributed by atoms with Gasteiger partial charge in [0.1, 0.15) is 0 Å². The molecule has 1 aliphatic heterocycles. The smallest absolute Gasteiger partial charge is 0.0534 e. The summed E-state index contributed by atoms with van der Waals surface area (Å²) in [6, 6.07) is 20.5. The molecule has 112 valence electrons. The van der Waals surface area contributed by atoms with Crippen molar-refractivity contribution in [2.45, 2.75) is 19.4 Å². The quantitative estimate of drug-likeness (QED) is 0.803. The van der Waals surface area contributed by atoms with Gasteiger partial charge < -0.3 is 16.0 Å². The van der Waals surface area contributed by atoms with E-state index < -0.39 is 0 Å². The van der Waals surface area contributed by atoms with Crippen LogP contribution in [0.2, 0.25) is 0 Å². The first-order valence-electron chi connectivity index (χ1n) is 7.68. The van der Waals surface area contributed by atoms with Gasteiger partial charge in [-0.15, -0.1) is 0 Å². The van der Waals surface area contributed by atoms with E-state index in [1.54, 1.807) is 0 Å². The predicted molar refractivity (Wildman–Crippen MR) is 93.2 cm³/mol. The van der Waals surface area contributed by atoms with Crippen molar-refractivity contribution < 1.29 is 0 Å². The maximum absolute atomic E-state index is 8.44. The molecule has 1 unspecified atom stereocenters. The number of hydrogen-bond acceptors (Lipinski definition) is 3. The molecule has 3 N–H and O–H groups in total. The molecule has 1 saturated heterocycles.